The number of nitrogens with zero attached hydrogens (tertiary/aromatic N) is 2. The van der Waals surface area contributed by atoms with Crippen LogP contribution in [0.4, 0.5) is 0 Å². The molecule has 1 aromatic heterocycles. The number of aryl methyl sites for hydroxylation is 1. The molecule has 126 valence electrons. The van der Waals surface area contributed by atoms with Crippen LogP contribution in [0.15, 0.2) is 65.7 Å². The Bertz CT molecular complexity index is 844. The third-order valence-electron chi connectivity index (χ3n) is 3.75. The molecule has 4 nitrogen and oxygen atoms in total. The monoisotopic (exact) mass is 350 g/mol. The highest BCUT2D eigenvalue weighted by Gasteiger charge is 2.08. The van der Waals surface area contributed by atoms with E-state index in [1.165, 1.54) is 11.8 Å². The Morgan fingerprint density at radius 2 is 1.68 bits per heavy atom. The summed E-state index contributed by atoms with van der Waals surface area (Å²) in [6.45, 7) is 2.00. The van der Waals surface area contributed by atoms with Gasteiger partial charge >= 0.3 is 0 Å². The normalized spacial score (nSPS) is 10.5. The number of benzene rings is 2. The number of methoxy groups -OCH3 is 1. The number of rotatable bonds is 6. The Morgan fingerprint density at radius 1 is 0.960 bits per heavy atom. The summed E-state index contributed by atoms with van der Waals surface area (Å²) in [6.07, 6.45) is 0. The molecule has 0 saturated carbocycles. The summed E-state index contributed by atoms with van der Waals surface area (Å²) in [5.41, 5.74) is 3.63. The van der Waals surface area contributed by atoms with E-state index in [4.69, 9.17) is 4.74 Å². The fraction of sp³-hybridized carbons (Fsp3) is 0.150. The van der Waals surface area contributed by atoms with E-state index in [2.05, 4.69) is 10.2 Å². The summed E-state index contributed by atoms with van der Waals surface area (Å²) in [5, 5.41) is 9.18. The van der Waals surface area contributed by atoms with E-state index < -0.39 is 0 Å². The lowest BCUT2D eigenvalue weighted by atomic mass is 10.1. The molecule has 0 aliphatic carbocycles. The molecule has 0 saturated heterocycles. The fourth-order valence-corrected chi connectivity index (χ4v) is 2.98. The zero-order chi connectivity index (χ0) is 17.6. The van der Waals surface area contributed by atoms with Crippen LogP contribution in [0.3, 0.4) is 0 Å². The van der Waals surface area contributed by atoms with Crippen molar-refractivity contribution in [2.75, 3.05) is 12.9 Å². The molecule has 5 heteroatoms. The molecule has 0 aliphatic rings. The van der Waals surface area contributed by atoms with E-state index in [-0.39, 0.29) is 5.78 Å². The maximum absolute atomic E-state index is 12.2. The predicted molar refractivity (Wildman–Crippen MR) is 100 cm³/mol. The molecule has 3 aromatic rings. The van der Waals surface area contributed by atoms with E-state index in [9.17, 15) is 4.79 Å². The second kappa shape index (κ2) is 7.94. The predicted octanol–water partition coefficient (Wildman–Crippen LogP) is 4.44. The average molecular weight is 350 g/mol. The largest absolute Gasteiger partial charge is 0.497 e. The van der Waals surface area contributed by atoms with E-state index in [0.717, 1.165) is 33.2 Å². The lowest BCUT2D eigenvalue weighted by molar-refractivity contribution is 0.102. The molecule has 0 aliphatic heterocycles. The van der Waals surface area contributed by atoms with Crippen LogP contribution in [-0.2, 0) is 0 Å². The van der Waals surface area contributed by atoms with Gasteiger partial charge in [-0.2, -0.15) is 0 Å². The molecule has 1 heterocycles. The number of hydrogen-bond donors (Lipinski definition) is 0. The van der Waals surface area contributed by atoms with E-state index in [1.807, 2.05) is 67.6 Å². The fourth-order valence-electron chi connectivity index (χ4n) is 2.28. The molecule has 0 bridgehead atoms. The summed E-state index contributed by atoms with van der Waals surface area (Å²) >= 11 is 1.39. The average Bonchev–Trinajstić information content (AvgIpc) is 2.67. The van der Waals surface area contributed by atoms with Crippen molar-refractivity contribution < 1.29 is 9.53 Å². The molecule has 0 unspecified atom stereocenters. The lowest BCUT2D eigenvalue weighted by Crippen LogP contribution is -2.02. The van der Waals surface area contributed by atoms with Crippen molar-refractivity contribution >= 4 is 17.5 Å². The molecule has 2 aromatic carbocycles. The van der Waals surface area contributed by atoms with E-state index >= 15 is 0 Å². The van der Waals surface area contributed by atoms with Crippen LogP contribution in [0.2, 0.25) is 0 Å². The molecule has 0 amide bonds. The smallest absolute Gasteiger partial charge is 0.173 e. The third kappa shape index (κ3) is 4.45. The molecule has 25 heavy (non-hydrogen) atoms. The lowest BCUT2D eigenvalue weighted by Gasteiger charge is -2.04. The first kappa shape index (κ1) is 17.2. The quantitative estimate of drug-likeness (QED) is 0.486. The Hall–Kier alpha value is -2.66. The van der Waals surface area contributed by atoms with Gasteiger partial charge in [0.05, 0.1) is 18.6 Å². The van der Waals surface area contributed by atoms with Crippen LogP contribution < -0.4 is 4.74 Å². The van der Waals surface area contributed by atoms with Crippen LogP contribution in [0, 0.1) is 6.92 Å². The highest BCUT2D eigenvalue weighted by Crippen LogP contribution is 2.22. The van der Waals surface area contributed by atoms with Crippen molar-refractivity contribution in [2.24, 2.45) is 0 Å². The summed E-state index contributed by atoms with van der Waals surface area (Å²) in [4.78, 5) is 12.2. The van der Waals surface area contributed by atoms with E-state index in [1.54, 1.807) is 7.11 Å². The number of ether oxygens (including phenoxy) is 1. The number of thioether (sulfide) groups is 1. The van der Waals surface area contributed by atoms with Crippen LogP contribution in [0.5, 0.6) is 5.75 Å². The SMILES string of the molecule is COc1ccc(-c2ccc(SCC(=O)c3ccc(C)cc3)nn2)cc1. The number of Topliss-reactive ketones (excluding diaryl/α,β-unsaturated/α-hetero) is 1. The maximum atomic E-state index is 12.2. The molecule has 0 N–H and O–H groups in total. The summed E-state index contributed by atoms with van der Waals surface area (Å²) < 4.78 is 5.15. The van der Waals surface area contributed by atoms with Gasteiger partial charge in [-0.3, -0.25) is 4.79 Å². The first-order valence-corrected chi connectivity index (χ1v) is 8.85. The molecular formula is C20H18N2O2S. The Morgan fingerprint density at radius 3 is 2.28 bits per heavy atom. The minimum Gasteiger partial charge on any atom is -0.497 e. The minimum absolute atomic E-state index is 0.0889. The highest BCUT2D eigenvalue weighted by atomic mass is 32.2. The molecule has 0 spiro atoms. The van der Waals surface area contributed by atoms with Gasteiger partial charge in [-0.1, -0.05) is 41.6 Å². The second-order valence-corrected chi connectivity index (χ2v) is 6.56. The molecule has 3 rings (SSSR count). The topological polar surface area (TPSA) is 52.1 Å². The zero-order valence-electron chi connectivity index (χ0n) is 14.1. The van der Waals surface area contributed by atoms with Gasteiger partial charge in [0.15, 0.2) is 5.78 Å². The molecule has 0 atom stereocenters. The Kier molecular flexibility index (Phi) is 5.46. The van der Waals surface area contributed by atoms with Crippen molar-refractivity contribution in [1.29, 1.82) is 0 Å². The third-order valence-corrected chi connectivity index (χ3v) is 4.67. The number of carbonyl (C=O) groups excluding carboxylic acids is 1. The van der Waals surface area contributed by atoms with E-state index in [0.29, 0.717) is 5.75 Å². The second-order valence-electron chi connectivity index (χ2n) is 5.56. The summed E-state index contributed by atoms with van der Waals surface area (Å²) in [5.74, 6) is 1.24. The highest BCUT2D eigenvalue weighted by molar-refractivity contribution is 7.99. The van der Waals surface area contributed by atoms with Crippen molar-refractivity contribution in [1.82, 2.24) is 10.2 Å². The van der Waals surface area contributed by atoms with Gasteiger partial charge in [0.1, 0.15) is 10.8 Å². The van der Waals surface area contributed by atoms with Crippen LogP contribution in [0.25, 0.3) is 11.3 Å². The molecule has 0 radical (unpaired) electrons. The summed E-state index contributed by atoms with van der Waals surface area (Å²) in [6, 6.07) is 19.1. The first-order chi connectivity index (χ1) is 12.2. The molecule has 0 fully saturated rings. The van der Waals surface area contributed by atoms with Crippen molar-refractivity contribution in [3.05, 3.63) is 71.8 Å². The van der Waals surface area contributed by atoms with Gasteiger partial charge in [0.25, 0.3) is 0 Å². The van der Waals surface area contributed by atoms with Crippen molar-refractivity contribution in [3.8, 4) is 17.0 Å². The van der Waals surface area contributed by atoms with Crippen molar-refractivity contribution in [2.45, 2.75) is 11.9 Å². The number of carbonyl (C=O) groups is 1. The zero-order valence-corrected chi connectivity index (χ0v) is 14.9. The first-order valence-electron chi connectivity index (χ1n) is 7.86. The van der Waals surface area contributed by atoms with Gasteiger partial charge in [0.2, 0.25) is 0 Å². The molecular weight excluding hydrogens is 332 g/mol. The van der Waals surface area contributed by atoms with Crippen molar-refractivity contribution in [3.63, 3.8) is 0 Å². The van der Waals surface area contributed by atoms with Crippen LogP contribution in [-0.4, -0.2) is 28.8 Å². The minimum atomic E-state index is 0.0889. The van der Waals surface area contributed by atoms with Gasteiger partial charge in [-0.15, -0.1) is 10.2 Å². The summed E-state index contributed by atoms with van der Waals surface area (Å²) in [7, 11) is 1.64. The Labute approximate surface area is 151 Å². The van der Waals surface area contributed by atoms with Gasteiger partial charge in [-0.05, 0) is 43.3 Å². The number of aromatic nitrogens is 2. The number of hydrogen-bond acceptors (Lipinski definition) is 5. The van der Waals surface area contributed by atoms with Crippen LogP contribution in [0.1, 0.15) is 15.9 Å². The number of ketones is 1. The maximum Gasteiger partial charge on any atom is 0.173 e. The van der Waals surface area contributed by atoms with Gasteiger partial charge in [-0.25, -0.2) is 0 Å². The van der Waals surface area contributed by atoms with Crippen LogP contribution >= 0.6 is 11.8 Å². The van der Waals surface area contributed by atoms with Gasteiger partial charge < -0.3 is 4.74 Å². The standard InChI is InChI=1S/C20H18N2O2S/c1-14-3-5-16(6-4-14)19(23)13-25-20-12-11-18(21-22-20)15-7-9-17(24-2)10-8-15/h3-12H,13H2,1-2H3. The van der Waals surface area contributed by atoms with Gasteiger partial charge in [0, 0.05) is 11.1 Å². The Balaban J connectivity index is 1.62.